The molecule has 0 bridgehead atoms. The Morgan fingerprint density at radius 2 is 1.43 bits per heavy atom. The minimum absolute atomic E-state index is 0. The molecule has 2 aromatic carbocycles. The molecule has 0 saturated heterocycles. The molecule has 1 atom stereocenters. The summed E-state index contributed by atoms with van der Waals surface area (Å²) in [7, 11) is -0.331. The second-order valence-electron chi connectivity index (χ2n) is 5.09. The van der Waals surface area contributed by atoms with Gasteiger partial charge in [0.05, 0.1) is 0 Å². The predicted molar refractivity (Wildman–Crippen MR) is 91.5 cm³/mol. The van der Waals surface area contributed by atoms with Crippen LogP contribution in [0, 0.1) is 0 Å². The Morgan fingerprint density at radius 3 is 1.86 bits per heavy atom. The fraction of sp³-hybridized carbons (Fsp3) is 0.158. The summed E-state index contributed by atoms with van der Waals surface area (Å²) in [4.78, 5) is 0. The average molecular weight is 286 g/mol. The van der Waals surface area contributed by atoms with Gasteiger partial charge in [-0.05, 0) is 25.0 Å². The molecular weight excluding hydrogens is 266 g/mol. The fourth-order valence-electron chi connectivity index (χ4n) is 2.71. The summed E-state index contributed by atoms with van der Waals surface area (Å²) in [6, 6.07) is 21.9. The maximum atomic E-state index is 2.38. The second-order valence-corrected chi connectivity index (χ2v) is 7.64. The van der Waals surface area contributed by atoms with E-state index < -0.39 is 0 Å². The molecule has 0 amide bonds. The molecule has 1 unspecified atom stereocenters. The smallest absolute Gasteiger partial charge is 1.00 e. The summed E-state index contributed by atoms with van der Waals surface area (Å²) in [5.41, 5.74) is 2.15. The molecule has 1 aliphatic rings. The molecule has 0 nitrogen and oxygen atoms in total. The van der Waals surface area contributed by atoms with Crippen LogP contribution in [0.2, 0.25) is 0 Å². The van der Waals surface area contributed by atoms with Gasteiger partial charge in [-0.15, -0.1) is 0 Å². The standard InChI is InChI=1S/C19H19P.Li.H/c1-16(17-10-8-9-11-17)20(18-12-4-2-5-13-18)19-14-6-3-7-15-19;;/h2-10,12-16H,11H2,1H3;;/q;+1;-1. The molecular formula is C19H20LiP. The third kappa shape index (κ3) is 3.78. The van der Waals surface area contributed by atoms with Crippen molar-refractivity contribution in [2.45, 2.75) is 19.0 Å². The van der Waals surface area contributed by atoms with Gasteiger partial charge in [0.2, 0.25) is 0 Å². The van der Waals surface area contributed by atoms with Crippen molar-refractivity contribution in [3.05, 3.63) is 84.5 Å². The van der Waals surface area contributed by atoms with Crippen molar-refractivity contribution in [3.63, 3.8) is 0 Å². The molecule has 102 valence electrons. The maximum absolute atomic E-state index is 2.38. The molecule has 2 heteroatoms. The van der Waals surface area contributed by atoms with E-state index in [1.807, 2.05) is 0 Å². The SMILES string of the molecule is CC(C1=CC=CC1)P(c1ccccc1)c1ccccc1.[H-].[Li+]. The topological polar surface area (TPSA) is 0 Å². The van der Waals surface area contributed by atoms with Gasteiger partial charge >= 0.3 is 18.9 Å². The van der Waals surface area contributed by atoms with Gasteiger partial charge in [-0.1, -0.05) is 91.4 Å². The van der Waals surface area contributed by atoms with Crippen molar-refractivity contribution in [3.8, 4) is 0 Å². The molecule has 0 saturated carbocycles. The molecule has 0 aliphatic heterocycles. The summed E-state index contributed by atoms with van der Waals surface area (Å²) in [6.45, 7) is 2.38. The summed E-state index contributed by atoms with van der Waals surface area (Å²) in [5, 5.41) is 2.93. The van der Waals surface area contributed by atoms with E-state index in [-0.39, 0.29) is 28.2 Å². The van der Waals surface area contributed by atoms with Crippen LogP contribution >= 0.6 is 7.92 Å². The van der Waals surface area contributed by atoms with Crippen LogP contribution in [0.5, 0.6) is 0 Å². The predicted octanol–water partition coefficient (Wildman–Crippen LogP) is 1.51. The van der Waals surface area contributed by atoms with E-state index in [1.54, 1.807) is 5.57 Å². The quantitative estimate of drug-likeness (QED) is 0.590. The maximum Gasteiger partial charge on any atom is 1.00 e. The van der Waals surface area contributed by atoms with Gasteiger partial charge in [-0.3, -0.25) is 0 Å². The first-order valence-corrected chi connectivity index (χ1v) is 8.52. The first-order valence-electron chi connectivity index (χ1n) is 7.11. The van der Waals surface area contributed by atoms with Crippen molar-refractivity contribution < 1.29 is 20.3 Å². The van der Waals surface area contributed by atoms with Crippen LogP contribution in [-0.4, -0.2) is 5.66 Å². The third-order valence-corrected chi connectivity index (χ3v) is 6.61. The number of benzene rings is 2. The number of hydrogen-bond acceptors (Lipinski definition) is 0. The van der Waals surface area contributed by atoms with Gasteiger partial charge in [0.15, 0.2) is 0 Å². The van der Waals surface area contributed by atoms with Crippen LogP contribution in [0.25, 0.3) is 0 Å². The zero-order valence-electron chi connectivity index (χ0n) is 13.7. The van der Waals surface area contributed by atoms with E-state index in [1.165, 1.54) is 10.6 Å². The Kier molecular flexibility index (Phi) is 6.07. The normalized spacial score (nSPS) is 14.7. The van der Waals surface area contributed by atoms with Crippen molar-refractivity contribution in [1.82, 2.24) is 0 Å². The zero-order valence-corrected chi connectivity index (χ0v) is 13.6. The minimum Gasteiger partial charge on any atom is -1.00 e. The van der Waals surface area contributed by atoms with Crippen molar-refractivity contribution in [1.29, 1.82) is 0 Å². The molecule has 21 heavy (non-hydrogen) atoms. The van der Waals surface area contributed by atoms with Gasteiger partial charge in [0, 0.05) is 5.66 Å². The van der Waals surface area contributed by atoms with Crippen molar-refractivity contribution in [2.24, 2.45) is 0 Å². The van der Waals surface area contributed by atoms with E-state index in [0.29, 0.717) is 5.66 Å². The van der Waals surface area contributed by atoms with Gasteiger partial charge in [-0.25, -0.2) is 0 Å². The monoisotopic (exact) mass is 286 g/mol. The Morgan fingerprint density at radius 1 is 0.905 bits per heavy atom. The van der Waals surface area contributed by atoms with Gasteiger partial charge in [0.25, 0.3) is 0 Å². The summed E-state index contributed by atoms with van der Waals surface area (Å²) >= 11 is 0. The van der Waals surface area contributed by atoms with Crippen LogP contribution in [0.15, 0.2) is 84.5 Å². The van der Waals surface area contributed by atoms with Gasteiger partial charge in [0.1, 0.15) is 0 Å². The Bertz CT molecular complexity index is 583. The first kappa shape index (κ1) is 16.3. The van der Waals surface area contributed by atoms with Gasteiger partial charge in [-0.2, -0.15) is 0 Å². The average Bonchev–Trinajstić information content (AvgIpc) is 3.04. The molecule has 0 fully saturated rings. The largest absolute Gasteiger partial charge is 1.00 e. The van der Waals surface area contributed by atoms with Crippen LogP contribution in [0.3, 0.4) is 0 Å². The van der Waals surface area contributed by atoms with E-state index in [2.05, 4.69) is 85.8 Å². The van der Waals surface area contributed by atoms with Crippen LogP contribution < -0.4 is 29.5 Å². The Hall–Kier alpha value is -1.05. The number of rotatable bonds is 4. The zero-order chi connectivity index (χ0) is 13.8. The van der Waals surface area contributed by atoms with Crippen LogP contribution in [0.4, 0.5) is 0 Å². The summed E-state index contributed by atoms with van der Waals surface area (Å²) in [6.07, 6.45) is 7.86. The number of allylic oxidation sites excluding steroid dienone is 4. The van der Waals surface area contributed by atoms with Crippen molar-refractivity contribution in [2.75, 3.05) is 0 Å². The van der Waals surface area contributed by atoms with E-state index >= 15 is 0 Å². The summed E-state index contributed by atoms with van der Waals surface area (Å²) < 4.78 is 0. The first-order chi connectivity index (χ1) is 9.86. The Labute approximate surface area is 142 Å². The summed E-state index contributed by atoms with van der Waals surface area (Å²) in [5.74, 6) is 0. The number of hydrogen-bond donors (Lipinski definition) is 0. The third-order valence-electron chi connectivity index (χ3n) is 3.79. The van der Waals surface area contributed by atoms with E-state index in [9.17, 15) is 0 Å². The van der Waals surface area contributed by atoms with E-state index in [0.717, 1.165) is 6.42 Å². The van der Waals surface area contributed by atoms with Gasteiger partial charge < -0.3 is 1.43 Å². The molecule has 0 radical (unpaired) electrons. The fourth-order valence-corrected chi connectivity index (χ4v) is 5.42. The molecule has 3 rings (SSSR count). The molecule has 0 spiro atoms. The minimum atomic E-state index is -0.331. The molecule has 0 heterocycles. The molecule has 2 aromatic rings. The molecule has 0 N–H and O–H groups in total. The Balaban J connectivity index is 0.00000121. The van der Waals surface area contributed by atoms with E-state index in [4.69, 9.17) is 0 Å². The van der Waals surface area contributed by atoms with Crippen LogP contribution in [-0.2, 0) is 0 Å². The van der Waals surface area contributed by atoms with Crippen molar-refractivity contribution >= 4 is 18.5 Å². The van der Waals surface area contributed by atoms with Crippen LogP contribution in [0.1, 0.15) is 14.8 Å². The molecule has 1 aliphatic carbocycles. The molecule has 0 aromatic heterocycles. The second kappa shape index (κ2) is 7.81.